The molecule has 0 radical (unpaired) electrons. The molecule has 2 aromatic heterocycles. The van der Waals surface area contributed by atoms with Crippen molar-refractivity contribution in [2.24, 2.45) is 0 Å². The number of nitrogens with zero attached hydrogens (tertiary/aromatic N) is 2. The normalized spacial score (nSPS) is 12.7. The molecule has 0 fully saturated rings. The molecule has 1 amide bonds. The minimum Gasteiger partial charge on any atom is -0.463 e. The zero-order chi connectivity index (χ0) is 20.5. The lowest BCUT2D eigenvalue weighted by atomic mass is 10.1. The first-order chi connectivity index (χ1) is 14.7. The van der Waals surface area contributed by atoms with Gasteiger partial charge in [0.25, 0.3) is 5.91 Å². The molecule has 0 saturated carbocycles. The molecule has 0 N–H and O–H groups in total. The van der Waals surface area contributed by atoms with Crippen molar-refractivity contribution in [3.8, 4) is 11.5 Å². The summed E-state index contributed by atoms with van der Waals surface area (Å²) in [5.41, 5.74) is 3.54. The van der Waals surface area contributed by atoms with E-state index in [-0.39, 0.29) is 12.5 Å². The van der Waals surface area contributed by atoms with Crippen LogP contribution in [0.4, 0.5) is 5.69 Å². The van der Waals surface area contributed by atoms with Gasteiger partial charge in [0.2, 0.25) is 0 Å². The molecule has 4 aromatic rings. The number of furan rings is 1. The number of anilines is 1. The summed E-state index contributed by atoms with van der Waals surface area (Å²) in [6, 6.07) is 20.3. The van der Waals surface area contributed by atoms with Crippen LogP contribution in [-0.4, -0.2) is 30.0 Å². The number of carbonyl (C=O) groups excluding carboxylic acids is 2. The number of para-hydroxylation sites is 2. The second kappa shape index (κ2) is 7.48. The number of benzene rings is 2. The zero-order valence-corrected chi connectivity index (χ0v) is 16.1. The predicted molar refractivity (Wildman–Crippen MR) is 112 cm³/mol. The number of pyridine rings is 1. The molecule has 0 bridgehead atoms. The summed E-state index contributed by atoms with van der Waals surface area (Å²) in [5.74, 6) is -0.250. The fourth-order valence-electron chi connectivity index (χ4n) is 3.78. The summed E-state index contributed by atoms with van der Waals surface area (Å²) in [6.45, 7) is 0.274. The Morgan fingerprint density at radius 2 is 1.87 bits per heavy atom. The lowest BCUT2D eigenvalue weighted by Gasteiger charge is -2.17. The molecule has 3 heterocycles. The largest absolute Gasteiger partial charge is 0.463 e. The van der Waals surface area contributed by atoms with Crippen LogP contribution in [-0.2, 0) is 16.0 Å². The highest BCUT2D eigenvalue weighted by Gasteiger charge is 2.25. The highest BCUT2D eigenvalue weighted by molar-refractivity contribution is 6.05. The SMILES string of the molecule is O=C(OCC(=O)N1CCc2ccccc21)c1cc(-c2ccco2)nc2ccccc12. The summed E-state index contributed by atoms with van der Waals surface area (Å²) in [5, 5.41) is 0.664. The lowest BCUT2D eigenvalue weighted by molar-refractivity contribution is -0.121. The van der Waals surface area contributed by atoms with Gasteiger partial charge in [0, 0.05) is 17.6 Å². The number of hydrogen-bond acceptors (Lipinski definition) is 5. The molecule has 6 heteroatoms. The van der Waals surface area contributed by atoms with Crippen LogP contribution in [0.15, 0.2) is 77.4 Å². The van der Waals surface area contributed by atoms with Gasteiger partial charge in [-0.05, 0) is 42.3 Å². The average molecular weight is 398 g/mol. The molecule has 0 unspecified atom stereocenters. The molecule has 0 aliphatic carbocycles. The third-order valence-electron chi connectivity index (χ3n) is 5.22. The van der Waals surface area contributed by atoms with Crippen molar-refractivity contribution in [1.29, 1.82) is 0 Å². The number of aromatic nitrogens is 1. The van der Waals surface area contributed by atoms with Crippen LogP contribution in [0.3, 0.4) is 0 Å². The van der Waals surface area contributed by atoms with Crippen molar-refractivity contribution in [3.63, 3.8) is 0 Å². The number of hydrogen-bond donors (Lipinski definition) is 0. The van der Waals surface area contributed by atoms with Crippen molar-refractivity contribution < 1.29 is 18.7 Å². The Labute approximate surface area is 172 Å². The molecular weight excluding hydrogens is 380 g/mol. The van der Waals surface area contributed by atoms with E-state index in [1.54, 1.807) is 29.4 Å². The Kier molecular flexibility index (Phi) is 4.52. The molecule has 5 rings (SSSR count). The van der Waals surface area contributed by atoms with E-state index in [0.29, 0.717) is 34.5 Å². The van der Waals surface area contributed by atoms with Crippen molar-refractivity contribution >= 4 is 28.5 Å². The van der Waals surface area contributed by atoms with Gasteiger partial charge >= 0.3 is 5.97 Å². The Bertz CT molecular complexity index is 1250. The van der Waals surface area contributed by atoms with Crippen LogP contribution in [0.1, 0.15) is 15.9 Å². The second-order valence-electron chi connectivity index (χ2n) is 7.05. The van der Waals surface area contributed by atoms with E-state index in [4.69, 9.17) is 9.15 Å². The summed E-state index contributed by atoms with van der Waals surface area (Å²) < 4.78 is 10.8. The maximum absolute atomic E-state index is 12.9. The first kappa shape index (κ1) is 18.1. The molecular formula is C24H18N2O4. The van der Waals surface area contributed by atoms with E-state index >= 15 is 0 Å². The van der Waals surface area contributed by atoms with E-state index < -0.39 is 5.97 Å². The van der Waals surface area contributed by atoms with Crippen LogP contribution in [0.2, 0.25) is 0 Å². The number of fused-ring (bicyclic) bond motifs is 2. The number of esters is 1. The van der Waals surface area contributed by atoms with Crippen molar-refractivity contribution in [2.75, 3.05) is 18.1 Å². The highest BCUT2D eigenvalue weighted by Crippen LogP contribution is 2.28. The van der Waals surface area contributed by atoms with E-state index in [1.165, 1.54) is 0 Å². The van der Waals surface area contributed by atoms with E-state index in [1.807, 2.05) is 48.5 Å². The minimum atomic E-state index is -0.567. The maximum atomic E-state index is 12.9. The summed E-state index contributed by atoms with van der Waals surface area (Å²) >= 11 is 0. The van der Waals surface area contributed by atoms with Gasteiger partial charge in [0.15, 0.2) is 12.4 Å². The number of carbonyl (C=O) groups is 2. The van der Waals surface area contributed by atoms with Crippen molar-refractivity contribution in [2.45, 2.75) is 6.42 Å². The van der Waals surface area contributed by atoms with Crippen LogP contribution in [0.25, 0.3) is 22.4 Å². The van der Waals surface area contributed by atoms with Gasteiger partial charge in [0.1, 0.15) is 5.69 Å². The van der Waals surface area contributed by atoms with Gasteiger partial charge in [-0.1, -0.05) is 36.4 Å². The first-order valence-corrected chi connectivity index (χ1v) is 9.70. The van der Waals surface area contributed by atoms with Crippen LogP contribution in [0.5, 0.6) is 0 Å². The monoisotopic (exact) mass is 398 g/mol. The molecule has 0 atom stereocenters. The molecule has 148 valence electrons. The van der Waals surface area contributed by atoms with Crippen LogP contribution < -0.4 is 4.90 Å². The molecule has 1 aliphatic rings. The third-order valence-corrected chi connectivity index (χ3v) is 5.22. The topological polar surface area (TPSA) is 72.6 Å². The van der Waals surface area contributed by atoms with Crippen LogP contribution >= 0.6 is 0 Å². The Morgan fingerprint density at radius 1 is 1.03 bits per heavy atom. The van der Waals surface area contributed by atoms with Gasteiger partial charge in [-0.2, -0.15) is 0 Å². The smallest absolute Gasteiger partial charge is 0.339 e. The third kappa shape index (κ3) is 3.22. The predicted octanol–water partition coefficient (Wildman–Crippen LogP) is 4.24. The Hall–Kier alpha value is -3.93. The van der Waals surface area contributed by atoms with Crippen molar-refractivity contribution in [3.05, 3.63) is 84.1 Å². The fourth-order valence-corrected chi connectivity index (χ4v) is 3.78. The quantitative estimate of drug-likeness (QED) is 0.481. The summed E-state index contributed by atoms with van der Waals surface area (Å²) in [6.07, 6.45) is 2.36. The van der Waals surface area contributed by atoms with E-state index in [2.05, 4.69) is 4.98 Å². The first-order valence-electron chi connectivity index (χ1n) is 9.70. The Balaban J connectivity index is 1.39. The lowest BCUT2D eigenvalue weighted by Crippen LogP contribution is -2.33. The zero-order valence-electron chi connectivity index (χ0n) is 16.1. The Morgan fingerprint density at radius 3 is 2.73 bits per heavy atom. The molecule has 1 aliphatic heterocycles. The second-order valence-corrected chi connectivity index (χ2v) is 7.05. The average Bonchev–Trinajstić information content (AvgIpc) is 3.46. The standard InChI is InChI=1S/C24H18N2O4/c27-23(26-12-11-16-6-1-4-9-21(16)26)15-30-24(28)18-14-20(22-10-5-13-29-22)25-19-8-3-2-7-17(18)19/h1-10,13-14H,11-12,15H2. The van der Waals surface area contributed by atoms with Gasteiger partial charge in [-0.25, -0.2) is 9.78 Å². The maximum Gasteiger partial charge on any atom is 0.339 e. The van der Waals surface area contributed by atoms with Crippen molar-refractivity contribution in [1.82, 2.24) is 4.98 Å². The summed E-state index contributed by atoms with van der Waals surface area (Å²) in [7, 11) is 0. The molecule has 6 nitrogen and oxygen atoms in total. The fraction of sp³-hybridized carbons (Fsp3) is 0.125. The number of ether oxygens (including phenoxy) is 1. The van der Waals surface area contributed by atoms with Crippen LogP contribution in [0, 0.1) is 0 Å². The number of amides is 1. The summed E-state index contributed by atoms with van der Waals surface area (Å²) in [4.78, 5) is 31.8. The van der Waals surface area contributed by atoms with Gasteiger partial charge in [-0.3, -0.25) is 4.79 Å². The minimum absolute atomic E-state index is 0.238. The molecule has 30 heavy (non-hydrogen) atoms. The number of rotatable bonds is 4. The van der Waals surface area contributed by atoms with Gasteiger partial charge < -0.3 is 14.1 Å². The van der Waals surface area contributed by atoms with E-state index in [9.17, 15) is 9.59 Å². The molecule has 0 saturated heterocycles. The molecule has 0 spiro atoms. The molecule has 2 aromatic carbocycles. The van der Waals surface area contributed by atoms with Gasteiger partial charge in [-0.15, -0.1) is 0 Å². The van der Waals surface area contributed by atoms with E-state index in [0.717, 1.165) is 17.7 Å². The van der Waals surface area contributed by atoms with Gasteiger partial charge in [0.05, 0.1) is 17.3 Å². The highest BCUT2D eigenvalue weighted by atomic mass is 16.5.